The summed E-state index contributed by atoms with van der Waals surface area (Å²) in [5.74, 6) is 0.947. The molecule has 1 amide bonds. The normalized spacial score (nSPS) is 15.2. The van der Waals surface area contributed by atoms with E-state index >= 15 is 0 Å². The zero-order chi connectivity index (χ0) is 21.8. The highest BCUT2D eigenvalue weighted by Crippen LogP contribution is 2.36. The SMILES string of the molecule is COc1cc2nc(NC(=O)CN3CCN(Cc4ccc(F)cc4)CC3)sc2cc1OC. The molecule has 0 aliphatic carbocycles. The summed E-state index contributed by atoms with van der Waals surface area (Å²) in [5, 5.41) is 3.47. The Kier molecular flexibility index (Phi) is 6.64. The van der Waals surface area contributed by atoms with Crippen molar-refractivity contribution in [3.63, 3.8) is 0 Å². The van der Waals surface area contributed by atoms with Gasteiger partial charge in [-0.15, -0.1) is 0 Å². The number of benzene rings is 2. The van der Waals surface area contributed by atoms with Gasteiger partial charge in [0, 0.05) is 44.9 Å². The first-order valence-electron chi connectivity index (χ1n) is 10.1. The molecular weight excluding hydrogens is 419 g/mol. The number of piperazine rings is 1. The fourth-order valence-electron chi connectivity index (χ4n) is 3.62. The van der Waals surface area contributed by atoms with Crippen molar-refractivity contribution in [1.82, 2.24) is 14.8 Å². The number of nitrogens with zero attached hydrogens (tertiary/aromatic N) is 3. The van der Waals surface area contributed by atoms with Crippen LogP contribution in [0.3, 0.4) is 0 Å². The second-order valence-corrected chi connectivity index (χ2v) is 8.45. The van der Waals surface area contributed by atoms with Crippen LogP contribution >= 0.6 is 11.3 Å². The Morgan fingerprint density at radius 2 is 1.71 bits per heavy atom. The topological polar surface area (TPSA) is 66.9 Å². The third-order valence-corrected chi connectivity index (χ3v) is 6.23. The smallest absolute Gasteiger partial charge is 0.240 e. The maximum atomic E-state index is 13.0. The molecule has 4 rings (SSSR count). The maximum absolute atomic E-state index is 13.0. The number of methoxy groups -OCH3 is 2. The Morgan fingerprint density at radius 1 is 1.06 bits per heavy atom. The first-order chi connectivity index (χ1) is 15.0. The average Bonchev–Trinajstić information content (AvgIpc) is 3.16. The fourth-order valence-corrected chi connectivity index (χ4v) is 4.52. The van der Waals surface area contributed by atoms with Crippen molar-refractivity contribution in [2.45, 2.75) is 6.54 Å². The zero-order valence-corrected chi connectivity index (χ0v) is 18.4. The molecule has 1 aromatic heterocycles. The van der Waals surface area contributed by atoms with Crippen LogP contribution in [0.5, 0.6) is 11.5 Å². The van der Waals surface area contributed by atoms with Gasteiger partial charge in [-0.1, -0.05) is 23.5 Å². The van der Waals surface area contributed by atoms with E-state index in [-0.39, 0.29) is 11.7 Å². The second kappa shape index (κ2) is 9.59. The van der Waals surface area contributed by atoms with Gasteiger partial charge < -0.3 is 14.8 Å². The highest BCUT2D eigenvalue weighted by atomic mass is 32.1. The van der Waals surface area contributed by atoms with E-state index in [0.29, 0.717) is 23.2 Å². The highest BCUT2D eigenvalue weighted by Gasteiger charge is 2.20. The number of anilines is 1. The molecular formula is C22H25FN4O3S. The molecule has 2 aromatic carbocycles. The van der Waals surface area contributed by atoms with E-state index < -0.39 is 0 Å². The molecule has 164 valence electrons. The summed E-state index contributed by atoms with van der Waals surface area (Å²) in [6.07, 6.45) is 0. The summed E-state index contributed by atoms with van der Waals surface area (Å²) >= 11 is 1.41. The van der Waals surface area contributed by atoms with Gasteiger partial charge in [0.15, 0.2) is 16.6 Å². The lowest BCUT2D eigenvalue weighted by Gasteiger charge is -2.34. The van der Waals surface area contributed by atoms with E-state index in [1.165, 1.54) is 23.5 Å². The number of carbonyl (C=O) groups excluding carboxylic acids is 1. The van der Waals surface area contributed by atoms with Gasteiger partial charge in [-0.25, -0.2) is 9.37 Å². The van der Waals surface area contributed by atoms with Crippen LogP contribution in [0.15, 0.2) is 36.4 Å². The van der Waals surface area contributed by atoms with Crippen LogP contribution in [0, 0.1) is 5.82 Å². The number of ether oxygens (including phenoxy) is 2. The molecule has 31 heavy (non-hydrogen) atoms. The van der Waals surface area contributed by atoms with E-state index in [1.807, 2.05) is 18.2 Å². The number of rotatable bonds is 7. The number of fused-ring (bicyclic) bond motifs is 1. The minimum atomic E-state index is -0.217. The monoisotopic (exact) mass is 444 g/mol. The first kappa shape index (κ1) is 21.5. The van der Waals surface area contributed by atoms with E-state index in [1.54, 1.807) is 20.3 Å². The summed E-state index contributed by atoms with van der Waals surface area (Å²) in [4.78, 5) is 21.5. The standard InChI is InChI=1S/C22H25FN4O3S/c1-29-18-11-17-20(12-19(18)30-2)31-22(24-17)25-21(28)14-27-9-7-26(8-10-27)13-15-3-5-16(23)6-4-15/h3-6,11-12H,7-10,13-14H2,1-2H3,(H,24,25,28). The molecule has 1 fully saturated rings. The molecule has 0 radical (unpaired) electrons. The molecule has 1 saturated heterocycles. The number of hydrogen-bond donors (Lipinski definition) is 1. The van der Waals surface area contributed by atoms with Crippen LogP contribution in [0.2, 0.25) is 0 Å². The highest BCUT2D eigenvalue weighted by molar-refractivity contribution is 7.22. The van der Waals surface area contributed by atoms with Crippen LogP contribution in [0.4, 0.5) is 9.52 Å². The Hall–Kier alpha value is -2.75. The molecule has 0 bridgehead atoms. The third kappa shape index (κ3) is 5.30. The van der Waals surface area contributed by atoms with Gasteiger partial charge in [-0.3, -0.25) is 14.6 Å². The number of halogens is 1. The van der Waals surface area contributed by atoms with Crippen molar-refractivity contribution in [2.75, 3.05) is 52.3 Å². The number of hydrogen-bond acceptors (Lipinski definition) is 7. The molecule has 0 unspecified atom stereocenters. The van der Waals surface area contributed by atoms with Crippen LogP contribution in [-0.2, 0) is 11.3 Å². The quantitative estimate of drug-likeness (QED) is 0.604. The fraction of sp³-hybridized carbons (Fsp3) is 0.364. The predicted octanol–water partition coefficient (Wildman–Crippen LogP) is 3.21. The van der Waals surface area contributed by atoms with Crippen molar-refractivity contribution in [1.29, 1.82) is 0 Å². The van der Waals surface area contributed by atoms with Gasteiger partial charge >= 0.3 is 0 Å². The van der Waals surface area contributed by atoms with Gasteiger partial charge in [-0.05, 0) is 17.7 Å². The Balaban J connectivity index is 1.29. The van der Waals surface area contributed by atoms with Gasteiger partial charge in [-0.2, -0.15) is 0 Å². The van der Waals surface area contributed by atoms with Gasteiger partial charge in [0.2, 0.25) is 5.91 Å². The predicted molar refractivity (Wildman–Crippen MR) is 119 cm³/mol. The van der Waals surface area contributed by atoms with E-state index in [9.17, 15) is 9.18 Å². The second-order valence-electron chi connectivity index (χ2n) is 7.42. The molecule has 3 aromatic rings. The van der Waals surface area contributed by atoms with Gasteiger partial charge in [0.25, 0.3) is 0 Å². The Bertz CT molecular complexity index is 1010. The minimum absolute atomic E-state index is 0.0787. The van der Waals surface area contributed by atoms with Crippen molar-refractivity contribution >= 4 is 32.6 Å². The lowest BCUT2D eigenvalue weighted by molar-refractivity contribution is -0.117. The minimum Gasteiger partial charge on any atom is -0.493 e. The van der Waals surface area contributed by atoms with Crippen molar-refractivity contribution in [3.8, 4) is 11.5 Å². The van der Waals surface area contributed by atoms with Crippen molar-refractivity contribution < 1.29 is 18.7 Å². The van der Waals surface area contributed by atoms with Gasteiger partial charge in [0.1, 0.15) is 5.82 Å². The number of amides is 1. The van der Waals surface area contributed by atoms with E-state index in [0.717, 1.165) is 48.5 Å². The molecule has 0 saturated carbocycles. The Morgan fingerprint density at radius 3 is 2.39 bits per heavy atom. The molecule has 1 aliphatic rings. The molecule has 1 aliphatic heterocycles. The summed E-state index contributed by atoms with van der Waals surface area (Å²) in [7, 11) is 3.17. The molecule has 1 N–H and O–H groups in total. The van der Waals surface area contributed by atoms with Crippen LogP contribution in [0.1, 0.15) is 5.56 Å². The number of aromatic nitrogens is 1. The largest absolute Gasteiger partial charge is 0.493 e. The average molecular weight is 445 g/mol. The summed E-state index contributed by atoms with van der Waals surface area (Å²) < 4.78 is 24.6. The van der Waals surface area contributed by atoms with Crippen molar-refractivity contribution in [2.24, 2.45) is 0 Å². The summed E-state index contributed by atoms with van der Waals surface area (Å²) in [6, 6.07) is 10.3. The van der Waals surface area contributed by atoms with Crippen molar-refractivity contribution in [3.05, 3.63) is 47.8 Å². The number of thiazole rings is 1. The van der Waals surface area contributed by atoms with E-state index in [2.05, 4.69) is 20.1 Å². The lowest BCUT2D eigenvalue weighted by Crippen LogP contribution is -2.48. The maximum Gasteiger partial charge on any atom is 0.240 e. The molecule has 0 spiro atoms. The third-order valence-electron chi connectivity index (χ3n) is 5.29. The zero-order valence-electron chi connectivity index (χ0n) is 17.6. The first-order valence-corrected chi connectivity index (χ1v) is 10.9. The number of carbonyl (C=O) groups is 1. The molecule has 9 heteroatoms. The summed E-state index contributed by atoms with van der Waals surface area (Å²) in [6.45, 7) is 4.47. The van der Waals surface area contributed by atoms with Gasteiger partial charge in [0.05, 0.1) is 31.0 Å². The molecule has 0 atom stereocenters. The summed E-state index contributed by atoms with van der Waals surface area (Å²) in [5.41, 5.74) is 1.85. The van der Waals surface area contributed by atoms with Crippen LogP contribution in [0.25, 0.3) is 10.2 Å². The molecule has 7 nitrogen and oxygen atoms in total. The lowest BCUT2D eigenvalue weighted by atomic mass is 10.2. The number of nitrogens with one attached hydrogen (secondary N) is 1. The van der Waals surface area contributed by atoms with Crippen LogP contribution < -0.4 is 14.8 Å². The molecule has 2 heterocycles. The van der Waals surface area contributed by atoms with E-state index in [4.69, 9.17) is 9.47 Å². The Labute approximate surface area is 184 Å². The van der Waals surface area contributed by atoms with Crippen LogP contribution in [-0.4, -0.2) is 67.6 Å².